The molecule has 0 N–H and O–H groups in total. The van der Waals surface area contributed by atoms with E-state index in [0.717, 1.165) is 18.4 Å². The SMILES string of the molecule is CON(C)C(=O)CC1CCN(C(=O)OCc2ccccc2)CC1. The lowest BCUT2D eigenvalue weighted by atomic mass is 9.93. The minimum atomic E-state index is -0.285. The quantitative estimate of drug-likeness (QED) is 0.782. The van der Waals surface area contributed by atoms with Gasteiger partial charge in [0.1, 0.15) is 6.61 Å². The molecular formula is C17H24N2O4. The Hall–Kier alpha value is -2.08. The third-order valence-electron chi connectivity index (χ3n) is 4.17. The maximum Gasteiger partial charge on any atom is 0.410 e. The maximum absolute atomic E-state index is 12.1. The summed E-state index contributed by atoms with van der Waals surface area (Å²) >= 11 is 0. The molecule has 0 unspecified atom stereocenters. The monoisotopic (exact) mass is 320 g/mol. The fraction of sp³-hybridized carbons (Fsp3) is 0.529. The Morgan fingerprint density at radius 1 is 1.22 bits per heavy atom. The highest BCUT2D eigenvalue weighted by Crippen LogP contribution is 2.22. The molecule has 6 heteroatoms. The van der Waals surface area contributed by atoms with Gasteiger partial charge in [0.05, 0.1) is 7.11 Å². The van der Waals surface area contributed by atoms with Crippen LogP contribution in [-0.4, -0.2) is 49.2 Å². The summed E-state index contributed by atoms with van der Waals surface area (Å²) in [6.45, 7) is 1.54. The number of carbonyl (C=O) groups is 2. The number of hydroxylamine groups is 2. The van der Waals surface area contributed by atoms with Crippen molar-refractivity contribution < 1.29 is 19.2 Å². The molecule has 0 bridgehead atoms. The van der Waals surface area contributed by atoms with Crippen LogP contribution in [0.5, 0.6) is 0 Å². The molecule has 1 aromatic rings. The summed E-state index contributed by atoms with van der Waals surface area (Å²) in [5, 5.41) is 1.25. The molecule has 126 valence electrons. The molecule has 1 saturated heterocycles. The van der Waals surface area contributed by atoms with Crippen LogP contribution in [0.1, 0.15) is 24.8 Å². The van der Waals surface area contributed by atoms with Gasteiger partial charge < -0.3 is 9.64 Å². The molecule has 1 fully saturated rings. The highest BCUT2D eigenvalue weighted by atomic mass is 16.7. The highest BCUT2D eigenvalue weighted by molar-refractivity contribution is 5.75. The molecule has 6 nitrogen and oxygen atoms in total. The molecular weight excluding hydrogens is 296 g/mol. The van der Waals surface area contributed by atoms with Crippen molar-refractivity contribution in [1.82, 2.24) is 9.96 Å². The Morgan fingerprint density at radius 3 is 2.48 bits per heavy atom. The second kappa shape index (κ2) is 8.53. The van der Waals surface area contributed by atoms with Crippen molar-refractivity contribution in [3.05, 3.63) is 35.9 Å². The van der Waals surface area contributed by atoms with Crippen LogP contribution in [0.15, 0.2) is 30.3 Å². The number of rotatable bonds is 5. The van der Waals surface area contributed by atoms with Gasteiger partial charge in [0, 0.05) is 26.6 Å². The summed E-state index contributed by atoms with van der Waals surface area (Å²) in [4.78, 5) is 30.5. The van der Waals surface area contributed by atoms with Crippen LogP contribution in [0.2, 0.25) is 0 Å². The number of piperidine rings is 1. The van der Waals surface area contributed by atoms with Crippen LogP contribution >= 0.6 is 0 Å². The normalized spacial score (nSPS) is 15.3. The summed E-state index contributed by atoms with van der Waals surface area (Å²) in [6, 6.07) is 9.62. The standard InChI is InChI=1S/C17H24N2O4/c1-18(22-2)16(20)12-14-8-10-19(11-9-14)17(21)23-13-15-6-4-3-5-7-15/h3-7,14H,8-13H2,1-2H3. The first-order chi connectivity index (χ1) is 11.1. The lowest BCUT2D eigenvalue weighted by Gasteiger charge is -2.31. The van der Waals surface area contributed by atoms with Crippen molar-refractivity contribution in [3.8, 4) is 0 Å². The first-order valence-electron chi connectivity index (χ1n) is 7.86. The van der Waals surface area contributed by atoms with Crippen molar-refractivity contribution in [2.24, 2.45) is 5.92 Å². The molecule has 0 aromatic heterocycles. The Balaban J connectivity index is 1.71. The molecule has 0 saturated carbocycles. The van der Waals surface area contributed by atoms with E-state index in [1.165, 1.54) is 12.2 Å². The second-order valence-corrected chi connectivity index (χ2v) is 5.75. The van der Waals surface area contributed by atoms with E-state index in [4.69, 9.17) is 9.57 Å². The van der Waals surface area contributed by atoms with Crippen LogP contribution in [0.4, 0.5) is 4.79 Å². The summed E-state index contributed by atoms with van der Waals surface area (Å²) in [7, 11) is 3.08. The van der Waals surface area contributed by atoms with Gasteiger partial charge in [-0.2, -0.15) is 0 Å². The molecule has 0 radical (unpaired) electrons. The maximum atomic E-state index is 12.1. The van der Waals surface area contributed by atoms with Gasteiger partial charge in [0.15, 0.2) is 0 Å². The highest BCUT2D eigenvalue weighted by Gasteiger charge is 2.26. The van der Waals surface area contributed by atoms with Crippen LogP contribution in [0, 0.1) is 5.92 Å². The molecule has 0 spiro atoms. The van der Waals surface area contributed by atoms with Crippen molar-refractivity contribution in [2.75, 3.05) is 27.2 Å². The lowest BCUT2D eigenvalue weighted by molar-refractivity contribution is -0.170. The first kappa shape index (κ1) is 17.3. The van der Waals surface area contributed by atoms with E-state index in [1.807, 2.05) is 30.3 Å². The summed E-state index contributed by atoms with van der Waals surface area (Å²) in [5.41, 5.74) is 0.976. The van der Waals surface area contributed by atoms with Gasteiger partial charge in [-0.3, -0.25) is 9.63 Å². The Bertz CT molecular complexity index is 513. The van der Waals surface area contributed by atoms with Crippen molar-refractivity contribution >= 4 is 12.0 Å². The summed E-state index contributed by atoms with van der Waals surface area (Å²) in [5.74, 6) is 0.260. The molecule has 1 aromatic carbocycles. The van der Waals surface area contributed by atoms with Gasteiger partial charge in [-0.15, -0.1) is 0 Å². The minimum Gasteiger partial charge on any atom is -0.445 e. The van der Waals surface area contributed by atoms with E-state index >= 15 is 0 Å². The zero-order valence-electron chi connectivity index (χ0n) is 13.7. The van der Waals surface area contributed by atoms with E-state index < -0.39 is 0 Å². The van der Waals surface area contributed by atoms with E-state index in [0.29, 0.717) is 25.4 Å². The molecule has 1 heterocycles. The minimum absolute atomic E-state index is 0.0300. The van der Waals surface area contributed by atoms with Crippen molar-refractivity contribution in [2.45, 2.75) is 25.9 Å². The fourth-order valence-corrected chi connectivity index (χ4v) is 2.61. The van der Waals surface area contributed by atoms with Gasteiger partial charge >= 0.3 is 6.09 Å². The molecule has 2 rings (SSSR count). The number of carbonyl (C=O) groups excluding carboxylic acids is 2. The number of ether oxygens (including phenoxy) is 1. The zero-order chi connectivity index (χ0) is 16.7. The number of amides is 2. The average Bonchev–Trinajstić information content (AvgIpc) is 2.60. The van der Waals surface area contributed by atoms with E-state index in [2.05, 4.69) is 0 Å². The summed E-state index contributed by atoms with van der Waals surface area (Å²) in [6.07, 6.45) is 1.79. The number of benzene rings is 1. The van der Waals surface area contributed by atoms with E-state index in [-0.39, 0.29) is 18.6 Å². The van der Waals surface area contributed by atoms with Crippen molar-refractivity contribution in [1.29, 1.82) is 0 Å². The van der Waals surface area contributed by atoms with Crippen LogP contribution in [0.3, 0.4) is 0 Å². The van der Waals surface area contributed by atoms with E-state index in [1.54, 1.807) is 11.9 Å². The van der Waals surface area contributed by atoms with Gasteiger partial charge in [-0.25, -0.2) is 9.86 Å². The van der Waals surface area contributed by atoms with E-state index in [9.17, 15) is 9.59 Å². The van der Waals surface area contributed by atoms with Gasteiger partial charge in [0.25, 0.3) is 0 Å². The fourth-order valence-electron chi connectivity index (χ4n) is 2.61. The zero-order valence-corrected chi connectivity index (χ0v) is 13.7. The van der Waals surface area contributed by atoms with Gasteiger partial charge in [-0.05, 0) is 24.3 Å². The predicted molar refractivity (Wildman–Crippen MR) is 85.3 cm³/mol. The molecule has 2 amide bonds. The predicted octanol–water partition coefficient (Wildman–Crippen LogP) is 2.45. The Morgan fingerprint density at radius 2 is 1.87 bits per heavy atom. The number of hydrogen-bond acceptors (Lipinski definition) is 4. The average molecular weight is 320 g/mol. The largest absolute Gasteiger partial charge is 0.445 e. The Labute approximate surface area is 136 Å². The first-order valence-corrected chi connectivity index (χ1v) is 7.86. The topological polar surface area (TPSA) is 59.1 Å². The Kier molecular flexibility index (Phi) is 6.40. The smallest absolute Gasteiger partial charge is 0.410 e. The van der Waals surface area contributed by atoms with Crippen molar-refractivity contribution in [3.63, 3.8) is 0 Å². The third kappa shape index (κ3) is 5.25. The lowest BCUT2D eigenvalue weighted by Crippen LogP contribution is -2.40. The molecule has 1 aliphatic heterocycles. The van der Waals surface area contributed by atoms with Gasteiger partial charge in [0.2, 0.25) is 5.91 Å². The van der Waals surface area contributed by atoms with Gasteiger partial charge in [-0.1, -0.05) is 30.3 Å². The van der Waals surface area contributed by atoms with Crippen LogP contribution in [-0.2, 0) is 21.0 Å². The molecule has 1 aliphatic rings. The number of likely N-dealkylation sites (tertiary alicyclic amines) is 1. The molecule has 0 atom stereocenters. The third-order valence-corrected chi connectivity index (χ3v) is 4.17. The molecule has 23 heavy (non-hydrogen) atoms. The number of nitrogens with zero attached hydrogens (tertiary/aromatic N) is 2. The number of hydrogen-bond donors (Lipinski definition) is 0. The summed E-state index contributed by atoms with van der Waals surface area (Å²) < 4.78 is 5.33. The second-order valence-electron chi connectivity index (χ2n) is 5.75. The van der Waals surface area contributed by atoms with Crippen LogP contribution in [0.25, 0.3) is 0 Å². The van der Waals surface area contributed by atoms with Crippen LogP contribution < -0.4 is 0 Å². The molecule has 0 aliphatic carbocycles.